The maximum atomic E-state index is 12.7. The van der Waals surface area contributed by atoms with E-state index in [1.54, 1.807) is 7.11 Å². The minimum absolute atomic E-state index is 0.210. The van der Waals surface area contributed by atoms with Crippen LogP contribution in [0.4, 0.5) is 5.69 Å². The van der Waals surface area contributed by atoms with Gasteiger partial charge in [-0.25, -0.2) is 4.99 Å². The number of benzene rings is 3. The summed E-state index contributed by atoms with van der Waals surface area (Å²) in [4.78, 5) is 17.8. The molecule has 3 aromatic rings. The number of carbonyl (C=O) groups excluding carboxylic acids is 1. The number of rotatable bonds is 8. The average molecular weight is 584 g/mol. The summed E-state index contributed by atoms with van der Waals surface area (Å²) in [5.41, 5.74) is 4.35. The van der Waals surface area contributed by atoms with Gasteiger partial charge in [0, 0.05) is 15.1 Å². The van der Waals surface area contributed by atoms with Crippen molar-refractivity contribution in [3.05, 3.63) is 104 Å². The molecule has 1 aliphatic rings. The Labute approximate surface area is 228 Å². The Morgan fingerprint density at radius 2 is 1.97 bits per heavy atom. The van der Waals surface area contributed by atoms with Gasteiger partial charge < -0.3 is 14.8 Å². The first-order valence-corrected chi connectivity index (χ1v) is 13.1. The van der Waals surface area contributed by atoms with E-state index in [2.05, 4.69) is 32.8 Å². The van der Waals surface area contributed by atoms with E-state index in [1.807, 2.05) is 73.7 Å². The summed E-state index contributed by atoms with van der Waals surface area (Å²) >= 11 is 10.9. The highest BCUT2D eigenvalue weighted by molar-refractivity contribution is 9.10. The highest BCUT2D eigenvalue weighted by Gasteiger charge is 2.24. The van der Waals surface area contributed by atoms with Gasteiger partial charge in [0.25, 0.3) is 5.91 Å². The summed E-state index contributed by atoms with van der Waals surface area (Å²) in [5, 5.41) is 3.96. The minimum Gasteiger partial charge on any atom is -0.493 e. The second kappa shape index (κ2) is 11.8. The highest BCUT2D eigenvalue weighted by atomic mass is 79.9. The lowest BCUT2D eigenvalue weighted by molar-refractivity contribution is -0.115. The normalized spacial score (nSPS) is 15.3. The maximum Gasteiger partial charge on any atom is 0.264 e. The predicted octanol–water partition coefficient (Wildman–Crippen LogP) is 7.62. The van der Waals surface area contributed by atoms with Gasteiger partial charge in [-0.2, -0.15) is 0 Å². The van der Waals surface area contributed by atoms with Gasteiger partial charge in [0.15, 0.2) is 16.7 Å². The Hall–Kier alpha value is -3.00. The second-order valence-electron chi connectivity index (χ2n) is 7.99. The first kappa shape index (κ1) is 26.1. The molecule has 0 radical (unpaired) electrons. The molecule has 184 valence electrons. The first-order valence-electron chi connectivity index (χ1n) is 11.1. The molecule has 1 amide bonds. The van der Waals surface area contributed by atoms with Crippen LogP contribution in [0.1, 0.15) is 22.3 Å². The fourth-order valence-electron chi connectivity index (χ4n) is 3.58. The lowest BCUT2D eigenvalue weighted by Crippen LogP contribution is -2.19. The van der Waals surface area contributed by atoms with Crippen LogP contribution in [0.3, 0.4) is 0 Å². The monoisotopic (exact) mass is 582 g/mol. The molecule has 4 rings (SSSR count). The van der Waals surface area contributed by atoms with E-state index in [0.29, 0.717) is 45.3 Å². The van der Waals surface area contributed by atoms with Gasteiger partial charge in [0.1, 0.15) is 6.61 Å². The first-order chi connectivity index (χ1) is 17.4. The molecule has 3 aromatic carbocycles. The van der Waals surface area contributed by atoms with Gasteiger partial charge in [-0.15, -0.1) is 6.58 Å². The average Bonchev–Trinajstić information content (AvgIpc) is 3.20. The Morgan fingerprint density at radius 1 is 1.19 bits per heavy atom. The quantitative estimate of drug-likeness (QED) is 0.219. The molecule has 0 aliphatic carbocycles. The Kier molecular flexibility index (Phi) is 8.56. The Bertz CT molecular complexity index is 1370. The number of nitrogens with zero attached hydrogens (tertiary/aromatic N) is 1. The number of nitrogens with one attached hydrogen (secondary N) is 1. The molecule has 0 saturated carbocycles. The Morgan fingerprint density at radius 3 is 2.69 bits per heavy atom. The van der Waals surface area contributed by atoms with E-state index in [4.69, 9.17) is 21.1 Å². The number of thioether (sulfide) groups is 1. The predicted molar refractivity (Wildman–Crippen MR) is 152 cm³/mol. The second-order valence-corrected chi connectivity index (χ2v) is 10.3. The van der Waals surface area contributed by atoms with Crippen molar-refractivity contribution in [1.82, 2.24) is 5.32 Å². The fourth-order valence-corrected chi connectivity index (χ4v) is 4.85. The van der Waals surface area contributed by atoms with Gasteiger partial charge >= 0.3 is 0 Å². The van der Waals surface area contributed by atoms with Crippen LogP contribution >= 0.6 is 39.3 Å². The van der Waals surface area contributed by atoms with E-state index in [9.17, 15) is 4.79 Å². The molecule has 0 atom stereocenters. The van der Waals surface area contributed by atoms with Crippen molar-refractivity contribution in [2.75, 3.05) is 7.11 Å². The van der Waals surface area contributed by atoms with Gasteiger partial charge in [0.05, 0.1) is 17.7 Å². The van der Waals surface area contributed by atoms with Crippen LogP contribution in [-0.4, -0.2) is 18.2 Å². The molecular weight excluding hydrogens is 560 g/mol. The highest BCUT2D eigenvalue weighted by Crippen LogP contribution is 2.37. The standard InChI is InChI=1S/C28H24BrClN2O3S/c1-4-6-20-13-19(14-24(34-3)26(20)35-16-18-9-11-21(29)12-10-18)15-25-27(33)32-28(36-25)31-23-8-5-7-22(30)17(23)2/h4-5,7-15H,1,6,16H2,2-3H3,(H,31,32,33)/b25-15+. The smallest absolute Gasteiger partial charge is 0.264 e. The zero-order valence-corrected chi connectivity index (χ0v) is 23.0. The van der Waals surface area contributed by atoms with Gasteiger partial charge in [-0.3, -0.25) is 4.79 Å². The molecule has 0 spiro atoms. The number of amides is 1. The van der Waals surface area contributed by atoms with E-state index in [-0.39, 0.29) is 5.91 Å². The molecule has 1 N–H and O–H groups in total. The van der Waals surface area contributed by atoms with Gasteiger partial charge in [-0.05, 0) is 84.3 Å². The van der Waals surface area contributed by atoms with Crippen molar-refractivity contribution in [2.45, 2.75) is 20.0 Å². The van der Waals surface area contributed by atoms with Crippen LogP contribution in [-0.2, 0) is 17.8 Å². The topological polar surface area (TPSA) is 59.9 Å². The molecule has 1 fully saturated rings. The SMILES string of the molecule is C=CCc1cc(/C=C2/SC(=Nc3cccc(Cl)c3C)NC2=O)cc(OC)c1OCc1ccc(Br)cc1. The number of halogens is 2. The van der Waals surface area contributed by atoms with Crippen LogP contribution in [0.15, 0.2) is 81.6 Å². The van der Waals surface area contributed by atoms with Crippen LogP contribution in [0.2, 0.25) is 5.02 Å². The number of ether oxygens (including phenoxy) is 2. The van der Waals surface area contributed by atoms with Gasteiger partial charge in [-0.1, -0.05) is 51.8 Å². The number of carbonyl (C=O) groups is 1. The summed E-state index contributed by atoms with van der Waals surface area (Å²) < 4.78 is 12.8. The van der Waals surface area contributed by atoms with Crippen molar-refractivity contribution in [3.63, 3.8) is 0 Å². The number of amidine groups is 1. The lowest BCUT2D eigenvalue weighted by atomic mass is 10.0. The van der Waals surface area contributed by atoms with Crippen LogP contribution in [0.25, 0.3) is 6.08 Å². The maximum absolute atomic E-state index is 12.7. The van der Waals surface area contributed by atoms with Crippen molar-refractivity contribution < 1.29 is 14.3 Å². The molecule has 5 nitrogen and oxygen atoms in total. The Balaban J connectivity index is 1.60. The molecule has 0 aromatic heterocycles. The van der Waals surface area contributed by atoms with Gasteiger partial charge in [0.2, 0.25) is 0 Å². The van der Waals surface area contributed by atoms with Crippen LogP contribution in [0.5, 0.6) is 11.5 Å². The van der Waals surface area contributed by atoms with Crippen molar-refractivity contribution in [1.29, 1.82) is 0 Å². The third kappa shape index (κ3) is 6.22. The third-order valence-corrected chi connectivity index (χ3v) is 7.29. The van der Waals surface area contributed by atoms with E-state index in [1.165, 1.54) is 11.8 Å². The number of hydrogen-bond acceptors (Lipinski definition) is 5. The zero-order chi connectivity index (χ0) is 25.7. The number of allylic oxidation sites excluding steroid dienone is 1. The molecule has 1 heterocycles. The molecule has 1 saturated heterocycles. The molecule has 8 heteroatoms. The summed E-state index contributed by atoms with van der Waals surface area (Å²) in [6, 6.07) is 17.3. The summed E-state index contributed by atoms with van der Waals surface area (Å²) in [6.45, 7) is 6.17. The summed E-state index contributed by atoms with van der Waals surface area (Å²) in [7, 11) is 1.60. The van der Waals surface area contributed by atoms with E-state index < -0.39 is 0 Å². The zero-order valence-electron chi connectivity index (χ0n) is 19.8. The van der Waals surface area contributed by atoms with E-state index in [0.717, 1.165) is 26.7 Å². The summed E-state index contributed by atoms with van der Waals surface area (Å²) in [6.07, 6.45) is 4.22. The van der Waals surface area contributed by atoms with Crippen molar-refractivity contribution in [2.24, 2.45) is 4.99 Å². The van der Waals surface area contributed by atoms with Crippen LogP contribution in [0, 0.1) is 6.92 Å². The fraction of sp³-hybridized carbons (Fsp3) is 0.143. The molecule has 0 bridgehead atoms. The molecule has 36 heavy (non-hydrogen) atoms. The van der Waals surface area contributed by atoms with Crippen molar-refractivity contribution >= 4 is 62.1 Å². The van der Waals surface area contributed by atoms with Crippen LogP contribution < -0.4 is 14.8 Å². The minimum atomic E-state index is -0.210. The largest absolute Gasteiger partial charge is 0.493 e. The number of methoxy groups -OCH3 is 1. The van der Waals surface area contributed by atoms with Crippen molar-refractivity contribution in [3.8, 4) is 11.5 Å². The molecule has 0 unspecified atom stereocenters. The molecular formula is C28H24BrClN2O3S. The van der Waals surface area contributed by atoms with E-state index >= 15 is 0 Å². The molecule has 1 aliphatic heterocycles. The number of hydrogen-bond donors (Lipinski definition) is 1. The third-order valence-electron chi connectivity index (χ3n) is 5.44. The summed E-state index contributed by atoms with van der Waals surface area (Å²) in [5.74, 6) is 1.04. The number of aliphatic imine (C=N–C) groups is 1. The lowest BCUT2D eigenvalue weighted by Gasteiger charge is -2.16.